The van der Waals surface area contributed by atoms with Gasteiger partial charge in [0.25, 0.3) is 0 Å². The van der Waals surface area contributed by atoms with Gasteiger partial charge in [0, 0.05) is 12.8 Å². The first-order valence-corrected chi connectivity index (χ1v) is 20.9. The minimum absolute atomic E-state index is 0.0332. The van der Waals surface area contributed by atoms with Crippen molar-refractivity contribution in [3.63, 3.8) is 0 Å². The van der Waals surface area contributed by atoms with E-state index in [0.29, 0.717) is 17.4 Å². The van der Waals surface area contributed by atoms with Crippen LogP contribution in [0.2, 0.25) is 0 Å². The van der Waals surface area contributed by atoms with Crippen LogP contribution in [0.5, 0.6) is 0 Å². The maximum absolute atomic E-state index is 12.6. The van der Waals surface area contributed by atoms with E-state index < -0.39 is 26.5 Å². The smallest absolute Gasteiger partial charge is 0.462 e. The lowest BCUT2D eigenvalue weighted by Crippen LogP contribution is -2.37. The Morgan fingerprint density at radius 1 is 0.625 bits per heavy atom. The lowest BCUT2D eigenvalue weighted by molar-refractivity contribution is -0.870. The van der Waals surface area contributed by atoms with Crippen LogP contribution in [0.4, 0.5) is 0 Å². The van der Waals surface area contributed by atoms with Gasteiger partial charge in [-0.1, -0.05) is 129 Å². The fourth-order valence-electron chi connectivity index (χ4n) is 5.18. The summed E-state index contributed by atoms with van der Waals surface area (Å²) in [6.07, 6.45) is 29.7. The van der Waals surface area contributed by atoms with Crippen molar-refractivity contribution in [1.82, 2.24) is 0 Å². The van der Waals surface area contributed by atoms with Crippen molar-refractivity contribution >= 4 is 19.8 Å². The number of nitrogens with zero attached hydrogens (tertiary/aromatic N) is 1. The molecule has 48 heavy (non-hydrogen) atoms. The van der Waals surface area contributed by atoms with Gasteiger partial charge in [-0.05, 0) is 38.5 Å². The summed E-state index contributed by atoms with van der Waals surface area (Å²) in [5.41, 5.74) is 0. The van der Waals surface area contributed by atoms with E-state index in [1.165, 1.54) is 83.5 Å². The van der Waals surface area contributed by atoms with E-state index in [1.807, 2.05) is 21.1 Å². The number of phosphoric acid groups is 1. The zero-order valence-electron chi connectivity index (χ0n) is 31.7. The van der Waals surface area contributed by atoms with Gasteiger partial charge >= 0.3 is 19.8 Å². The van der Waals surface area contributed by atoms with Crippen molar-refractivity contribution in [2.75, 3.05) is 47.5 Å². The van der Waals surface area contributed by atoms with Gasteiger partial charge in [0.1, 0.15) is 19.8 Å². The highest BCUT2D eigenvalue weighted by Crippen LogP contribution is 2.43. The van der Waals surface area contributed by atoms with E-state index in [9.17, 15) is 19.0 Å². The molecule has 0 aromatic rings. The Morgan fingerprint density at radius 2 is 1.06 bits per heavy atom. The summed E-state index contributed by atoms with van der Waals surface area (Å²) in [6.45, 7) is 4.38. The summed E-state index contributed by atoms with van der Waals surface area (Å²) in [7, 11) is 1.48. The van der Waals surface area contributed by atoms with Gasteiger partial charge < -0.3 is 18.9 Å². The van der Waals surface area contributed by atoms with Gasteiger partial charge in [-0.25, -0.2) is 4.57 Å². The lowest BCUT2D eigenvalue weighted by atomic mass is 10.0. The van der Waals surface area contributed by atoms with Crippen LogP contribution >= 0.6 is 7.82 Å². The highest BCUT2D eigenvalue weighted by Gasteiger charge is 2.27. The predicted octanol–water partition coefficient (Wildman–Crippen LogP) is 10.2. The number of unbranched alkanes of at least 4 members (excludes halogenated alkanes) is 19. The number of hydrogen-bond acceptors (Lipinski definition) is 7. The van der Waals surface area contributed by atoms with Gasteiger partial charge in [-0.2, -0.15) is 0 Å². The van der Waals surface area contributed by atoms with E-state index in [-0.39, 0.29) is 32.0 Å². The van der Waals surface area contributed by atoms with Crippen LogP contribution in [0.3, 0.4) is 0 Å². The summed E-state index contributed by atoms with van der Waals surface area (Å²) in [5, 5.41) is 0. The van der Waals surface area contributed by atoms with Crippen LogP contribution in [0, 0.1) is 0 Å². The molecule has 2 atom stereocenters. The summed E-state index contributed by atoms with van der Waals surface area (Å²) in [6, 6.07) is 0. The molecule has 0 saturated heterocycles. The first-order chi connectivity index (χ1) is 23.0. The topological polar surface area (TPSA) is 108 Å². The molecule has 0 aromatic carbocycles. The van der Waals surface area contributed by atoms with Crippen molar-refractivity contribution in [2.24, 2.45) is 0 Å². The van der Waals surface area contributed by atoms with Gasteiger partial charge in [-0.3, -0.25) is 18.6 Å². The van der Waals surface area contributed by atoms with E-state index in [4.69, 9.17) is 18.5 Å². The molecule has 1 N–H and O–H groups in total. The van der Waals surface area contributed by atoms with Crippen LogP contribution in [0.1, 0.15) is 168 Å². The van der Waals surface area contributed by atoms with E-state index in [2.05, 4.69) is 26.0 Å². The third-order valence-electron chi connectivity index (χ3n) is 8.30. The molecule has 0 aliphatic heterocycles. The molecular formula is C38H75NO8P+. The third kappa shape index (κ3) is 34.6. The Kier molecular flexibility index (Phi) is 30.9. The molecule has 0 rings (SSSR count). The Morgan fingerprint density at radius 3 is 1.58 bits per heavy atom. The van der Waals surface area contributed by atoms with Crippen LogP contribution < -0.4 is 0 Å². The molecule has 0 heterocycles. The molecule has 0 amide bonds. The molecule has 0 spiro atoms. The standard InChI is InChI=1S/C38H74NO8P/c1-6-8-10-12-14-16-18-20-22-24-26-28-30-37(40)44-34-36(35-46-48(42,43)45-33-32-39(3,4)5)47-38(41)31-29-27-25-23-21-19-17-15-13-11-9-7-2/h14,16,36H,6-13,15,17-35H2,1-5H3/p+1/b16-14-/t36-/m1/s1. The van der Waals surface area contributed by atoms with E-state index in [0.717, 1.165) is 51.4 Å². The highest BCUT2D eigenvalue weighted by atomic mass is 31.2. The first-order valence-electron chi connectivity index (χ1n) is 19.4. The summed E-state index contributed by atoms with van der Waals surface area (Å²) in [5.74, 6) is -0.806. The fraction of sp³-hybridized carbons (Fsp3) is 0.895. The predicted molar refractivity (Wildman–Crippen MR) is 197 cm³/mol. The Labute approximate surface area is 295 Å². The Balaban J connectivity index is 4.44. The molecule has 0 aromatic heterocycles. The zero-order chi connectivity index (χ0) is 35.8. The van der Waals surface area contributed by atoms with Gasteiger partial charge in [0.15, 0.2) is 6.10 Å². The van der Waals surface area contributed by atoms with Crippen LogP contribution in [0.15, 0.2) is 12.2 Å². The quantitative estimate of drug-likeness (QED) is 0.0228. The molecule has 0 radical (unpaired) electrons. The van der Waals surface area contributed by atoms with Gasteiger partial charge in [0.05, 0.1) is 27.7 Å². The molecule has 0 aliphatic rings. The largest absolute Gasteiger partial charge is 0.472 e. The maximum atomic E-state index is 12.6. The normalized spacial score (nSPS) is 13.9. The number of rotatable bonds is 35. The monoisotopic (exact) mass is 705 g/mol. The van der Waals surface area contributed by atoms with Crippen molar-refractivity contribution < 1.29 is 42.1 Å². The minimum atomic E-state index is -4.36. The highest BCUT2D eigenvalue weighted by molar-refractivity contribution is 7.47. The summed E-state index contributed by atoms with van der Waals surface area (Å²) in [4.78, 5) is 35.1. The number of carbonyl (C=O) groups is 2. The van der Waals surface area contributed by atoms with Crippen molar-refractivity contribution in [1.29, 1.82) is 0 Å². The second-order valence-corrected chi connectivity index (χ2v) is 15.8. The van der Waals surface area contributed by atoms with Gasteiger partial charge in [-0.15, -0.1) is 0 Å². The van der Waals surface area contributed by atoms with Crippen LogP contribution in [-0.2, 0) is 32.7 Å². The number of quaternary nitrogens is 1. The average Bonchev–Trinajstić information content (AvgIpc) is 3.02. The van der Waals surface area contributed by atoms with E-state index >= 15 is 0 Å². The summed E-state index contributed by atoms with van der Waals surface area (Å²) >= 11 is 0. The number of ether oxygens (including phenoxy) is 2. The minimum Gasteiger partial charge on any atom is -0.462 e. The molecule has 284 valence electrons. The fourth-order valence-corrected chi connectivity index (χ4v) is 5.93. The molecule has 9 nitrogen and oxygen atoms in total. The summed E-state index contributed by atoms with van der Waals surface area (Å²) < 4.78 is 34.1. The number of phosphoric ester groups is 1. The molecule has 10 heteroatoms. The van der Waals surface area contributed by atoms with E-state index in [1.54, 1.807) is 0 Å². The average molecular weight is 705 g/mol. The molecule has 0 fully saturated rings. The zero-order valence-corrected chi connectivity index (χ0v) is 32.6. The Hall–Kier alpha value is -1.25. The second kappa shape index (κ2) is 31.7. The van der Waals surface area contributed by atoms with Gasteiger partial charge in [0.2, 0.25) is 0 Å². The molecule has 0 aliphatic carbocycles. The number of allylic oxidation sites excluding steroid dienone is 2. The van der Waals surface area contributed by atoms with Crippen LogP contribution in [-0.4, -0.2) is 74.9 Å². The maximum Gasteiger partial charge on any atom is 0.472 e. The molecular weight excluding hydrogens is 629 g/mol. The second-order valence-electron chi connectivity index (χ2n) is 14.3. The number of likely N-dealkylation sites (N-methyl/N-ethyl adjacent to an activating group) is 1. The van der Waals surface area contributed by atoms with Crippen molar-refractivity contribution in [3.8, 4) is 0 Å². The molecule has 0 saturated carbocycles. The molecule has 0 bridgehead atoms. The van der Waals surface area contributed by atoms with Crippen LogP contribution in [0.25, 0.3) is 0 Å². The number of hydrogen-bond donors (Lipinski definition) is 1. The van der Waals surface area contributed by atoms with Crippen molar-refractivity contribution in [2.45, 2.75) is 174 Å². The molecule has 1 unspecified atom stereocenters. The lowest BCUT2D eigenvalue weighted by Gasteiger charge is -2.24. The SMILES string of the molecule is CCCCC/C=C\CCCCCCCC(=O)OC[C@H](COP(=O)(O)OCC[N+](C)(C)C)OC(=O)CCCCCCCCCCCCCC. The third-order valence-corrected chi connectivity index (χ3v) is 9.28. The first kappa shape index (κ1) is 46.8. The number of carbonyl (C=O) groups excluding carboxylic acids is 2. The number of esters is 2. The Bertz CT molecular complexity index is 845. The van der Waals surface area contributed by atoms with Crippen molar-refractivity contribution in [3.05, 3.63) is 12.2 Å².